The van der Waals surface area contributed by atoms with Crippen LogP contribution in [0, 0.1) is 0 Å². The van der Waals surface area contributed by atoms with E-state index in [4.69, 9.17) is 9.84 Å². The lowest BCUT2D eigenvalue weighted by Gasteiger charge is -2.09. The van der Waals surface area contributed by atoms with Crippen molar-refractivity contribution in [2.75, 3.05) is 7.11 Å². The highest BCUT2D eigenvalue weighted by Gasteiger charge is 2.14. The molecule has 0 saturated carbocycles. The zero-order valence-corrected chi connectivity index (χ0v) is 8.60. The molecule has 2 aromatic rings. The van der Waals surface area contributed by atoms with E-state index in [0.717, 1.165) is 5.39 Å². The number of benzene rings is 2. The third-order valence-corrected chi connectivity index (χ3v) is 2.39. The molecule has 0 saturated heterocycles. The Morgan fingerprint density at radius 2 is 1.94 bits per heavy atom. The average Bonchev–Trinajstić information content (AvgIpc) is 2.27. The Morgan fingerprint density at radius 3 is 2.56 bits per heavy atom. The normalized spacial score (nSPS) is 10.3. The molecule has 0 spiro atoms. The molecule has 0 heterocycles. The van der Waals surface area contributed by atoms with E-state index < -0.39 is 5.97 Å². The van der Waals surface area contributed by atoms with E-state index in [0.29, 0.717) is 5.39 Å². The monoisotopic (exact) mass is 218 g/mol. The van der Waals surface area contributed by atoms with Crippen molar-refractivity contribution in [3.05, 3.63) is 35.9 Å². The van der Waals surface area contributed by atoms with Crippen molar-refractivity contribution in [1.29, 1.82) is 0 Å². The largest absolute Gasteiger partial charge is 0.508 e. The molecule has 0 aromatic heterocycles. The zero-order chi connectivity index (χ0) is 11.7. The van der Waals surface area contributed by atoms with Gasteiger partial charge in [-0.3, -0.25) is 0 Å². The first-order valence-electron chi connectivity index (χ1n) is 4.66. The number of hydrogen-bond acceptors (Lipinski definition) is 3. The molecule has 0 aliphatic heterocycles. The maximum Gasteiger partial charge on any atom is 0.339 e. The predicted octanol–water partition coefficient (Wildman–Crippen LogP) is 2.25. The van der Waals surface area contributed by atoms with Crippen LogP contribution < -0.4 is 4.74 Å². The number of hydrogen-bond donors (Lipinski definition) is 2. The predicted molar refractivity (Wildman–Crippen MR) is 59.1 cm³/mol. The summed E-state index contributed by atoms with van der Waals surface area (Å²) in [7, 11) is 1.41. The lowest BCUT2D eigenvalue weighted by atomic mass is 10.0. The number of phenolic OH excluding ortho intramolecular Hbond substituents is 1. The molecule has 2 N–H and O–H groups in total. The fraction of sp³-hybridized carbons (Fsp3) is 0.0833. The number of ether oxygens (including phenoxy) is 1. The molecule has 0 unspecified atom stereocenters. The van der Waals surface area contributed by atoms with Crippen molar-refractivity contribution in [1.82, 2.24) is 0 Å². The first-order valence-corrected chi connectivity index (χ1v) is 4.66. The minimum absolute atomic E-state index is 0.0772. The lowest BCUT2D eigenvalue weighted by Crippen LogP contribution is -2.00. The molecule has 82 valence electrons. The van der Waals surface area contributed by atoms with Gasteiger partial charge in [-0.2, -0.15) is 0 Å². The molecule has 0 radical (unpaired) electrons. The second-order valence-corrected chi connectivity index (χ2v) is 3.36. The molecular weight excluding hydrogens is 208 g/mol. The molecule has 0 fully saturated rings. The van der Waals surface area contributed by atoms with Crippen LogP contribution in [0.2, 0.25) is 0 Å². The number of methoxy groups -OCH3 is 1. The summed E-state index contributed by atoms with van der Waals surface area (Å²) < 4.78 is 5.08. The fourth-order valence-corrected chi connectivity index (χ4v) is 1.67. The lowest BCUT2D eigenvalue weighted by molar-refractivity contribution is 0.0693. The molecule has 0 atom stereocenters. The Balaban J connectivity index is 2.83. The van der Waals surface area contributed by atoms with Crippen LogP contribution in [0.5, 0.6) is 11.5 Å². The van der Waals surface area contributed by atoms with E-state index in [2.05, 4.69) is 0 Å². The van der Waals surface area contributed by atoms with Gasteiger partial charge in [-0.15, -0.1) is 0 Å². The standard InChI is InChI=1S/C12H10O4/c1-16-11-9(12(14)15)5-3-7-2-4-8(13)6-10(7)11/h2-6,13H,1H3,(H,14,15). The van der Waals surface area contributed by atoms with Gasteiger partial charge in [0.05, 0.1) is 7.11 Å². The van der Waals surface area contributed by atoms with Crippen molar-refractivity contribution in [3.8, 4) is 11.5 Å². The van der Waals surface area contributed by atoms with Crippen LogP contribution >= 0.6 is 0 Å². The van der Waals surface area contributed by atoms with Crippen molar-refractivity contribution in [2.45, 2.75) is 0 Å². The van der Waals surface area contributed by atoms with Crippen molar-refractivity contribution < 1.29 is 19.7 Å². The molecule has 0 amide bonds. The van der Waals surface area contributed by atoms with Gasteiger partial charge in [-0.05, 0) is 23.6 Å². The molecule has 0 aliphatic rings. The molecule has 0 aliphatic carbocycles. The Labute approximate surface area is 91.7 Å². The maximum absolute atomic E-state index is 11.0. The highest BCUT2D eigenvalue weighted by molar-refractivity contribution is 6.00. The topological polar surface area (TPSA) is 66.8 Å². The van der Waals surface area contributed by atoms with Gasteiger partial charge < -0.3 is 14.9 Å². The first-order chi connectivity index (χ1) is 7.63. The van der Waals surface area contributed by atoms with Gasteiger partial charge in [0.1, 0.15) is 17.1 Å². The quantitative estimate of drug-likeness (QED) is 0.811. The van der Waals surface area contributed by atoms with E-state index in [9.17, 15) is 9.90 Å². The van der Waals surface area contributed by atoms with E-state index >= 15 is 0 Å². The minimum atomic E-state index is -1.05. The van der Waals surface area contributed by atoms with Gasteiger partial charge >= 0.3 is 5.97 Å². The third-order valence-electron chi connectivity index (χ3n) is 2.39. The fourth-order valence-electron chi connectivity index (χ4n) is 1.67. The van der Waals surface area contributed by atoms with Crippen LogP contribution in [-0.2, 0) is 0 Å². The molecular formula is C12H10O4. The summed E-state index contributed by atoms with van der Waals surface area (Å²) in [6.45, 7) is 0. The average molecular weight is 218 g/mol. The van der Waals surface area contributed by atoms with Gasteiger partial charge in [0.25, 0.3) is 0 Å². The van der Waals surface area contributed by atoms with Gasteiger partial charge in [0.15, 0.2) is 0 Å². The number of fused-ring (bicyclic) bond motifs is 1. The van der Waals surface area contributed by atoms with E-state index in [1.807, 2.05) is 0 Å². The van der Waals surface area contributed by atoms with Crippen molar-refractivity contribution in [2.24, 2.45) is 0 Å². The molecule has 4 heteroatoms. The van der Waals surface area contributed by atoms with Crippen LogP contribution in [0.1, 0.15) is 10.4 Å². The van der Waals surface area contributed by atoms with Crippen molar-refractivity contribution in [3.63, 3.8) is 0 Å². The van der Waals surface area contributed by atoms with E-state index in [1.54, 1.807) is 18.2 Å². The summed E-state index contributed by atoms with van der Waals surface area (Å²) in [6.07, 6.45) is 0. The number of carbonyl (C=O) groups is 1. The van der Waals surface area contributed by atoms with Crippen LogP contribution in [0.3, 0.4) is 0 Å². The molecule has 4 nitrogen and oxygen atoms in total. The van der Waals surface area contributed by atoms with Crippen LogP contribution in [0.15, 0.2) is 30.3 Å². The Kier molecular flexibility index (Phi) is 2.40. The number of phenols is 1. The SMILES string of the molecule is COc1c(C(=O)O)ccc2ccc(O)cc12. The van der Waals surface area contributed by atoms with E-state index in [1.165, 1.54) is 19.2 Å². The number of carboxylic acid groups (broad SMARTS) is 1. The van der Waals surface area contributed by atoms with Gasteiger partial charge in [0, 0.05) is 5.39 Å². The van der Waals surface area contributed by atoms with Crippen LogP contribution in [0.4, 0.5) is 0 Å². The number of rotatable bonds is 2. The van der Waals surface area contributed by atoms with Crippen LogP contribution in [0.25, 0.3) is 10.8 Å². The number of carboxylic acids is 1. The molecule has 16 heavy (non-hydrogen) atoms. The first kappa shape index (κ1) is 10.3. The van der Waals surface area contributed by atoms with E-state index in [-0.39, 0.29) is 17.1 Å². The molecule has 2 rings (SSSR count). The Hall–Kier alpha value is -2.23. The summed E-state index contributed by atoms with van der Waals surface area (Å²) in [4.78, 5) is 11.0. The highest BCUT2D eigenvalue weighted by Crippen LogP contribution is 2.32. The second-order valence-electron chi connectivity index (χ2n) is 3.36. The smallest absolute Gasteiger partial charge is 0.339 e. The highest BCUT2D eigenvalue weighted by atomic mass is 16.5. The second kappa shape index (κ2) is 3.73. The molecule has 2 aromatic carbocycles. The summed E-state index contributed by atoms with van der Waals surface area (Å²) in [5.41, 5.74) is 0.0839. The molecule has 0 bridgehead atoms. The summed E-state index contributed by atoms with van der Waals surface area (Å²) >= 11 is 0. The Bertz CT molecular complexity index is 560. The Morgan fingerprint density at radius 1 is 1.25 bits per heavy atom. The van der Waals surface area contributed by atoms with Gasteiger partial charge in [-0.1, -0.05) is 12.1 Å². The minimum Gasteiger partial charge on any atom is -0.508 e. The summed E-state index contributed by atoms with van der Waals surface area (Å²) in [5.74, 6) is -0.712. The van der Waals surface area contributed by atoms with Gasteiger partial charge in [0.2, 0.25) is 0 Å². The zero-order valence-electron chi connectivity index (χ0n) is 8.60. The van der Waals surface area contributed by atoms with Crippen LogP contribution in [-0.4, -0.2) is 23.3 Å². The number of aromatic hydroxyl groups is 1. The van der Waals surface area contributed by atoms with Gasteiger partial charge in [-0.25, -0.2) is 4.79 Å². The number of aromatic carboxylic acids is 1. The summed E-state index contributed by atoms with van der Waals surface area (Å²) in [5, 5.41) is 19.8. The third kappa shape index (κ3) is 1.54. The summed E-state index contributed by atoms with van der Waals surface area (Å²) in [6, 6.07) is 7.91. The van der Waals surface area contributed by atoms with Crippen molar-refractivity contribution >= 4 is 16.7 Å². The maximum atomic E-state index is 11.0.